The summed E-state index contributed by atoms with van der Waals surface area (Å²) in [6.07, 6.45) is -16.3. The lowest BCUT2D eigenvalue weighted by Crippen LogP contribution is -2.60. The number of carbonyl (C=O) groups excluding carboxylic acids is 1. The van der Waals surface area contributed by atoms with E-state index in [0.717, 1.165) is 6.07 Å². The van der Waals surface area contributed by atoms with Crippen LogP contribution in [0.25, 0.3) is 0 Å². The van der Waals surface area contributed by atoms with Crippen LogP contribution in [0.3, 0.4) is 0 Å². The number of hydrogen-bond acceptors (Lipinski definition) is 16. The molecule has 0 aliphatic carbocycles. The van der Waals surface area contributed by atoms with Gasteiger partial charge in [0.05, 0.1) is 26.7 Å². The summed E-state index contributed by atoms with van der Waals surface area (Å²) in [6, 6.07) is 6.84. The summed E-state index contributed by atoms with van der Waals surface area (Å²) in [7, 11) is 1.34. The van der Waals surface area contributed by atoms with E-state index < -0.39 is 92.3 Å². The van der Waals surface area contributed by atoms with E-state index in [1.165, 1.54) is 25.3 Å². The monoisotopic (exact) mass is 626 g/mol. The minimum absolute atomic E-state index is 0.0635. The predicted molar refractivity (Wildman–Crippen MR) is 142 cm³/mol. The normalized spacial score (nSPS) is 35.4. The summed E-state index contributed by atoms with van der Waals surface area (Å²) in [5, 5.41) is 90.1. The molecule has 2 saturated heterocycles. The van der Waals surface area contributed by atoms with E-state index in [4.69, 9.17) is 28.4 Å². The number of aliphatic hydroxyl groups is 8. The molecule has 0 aromatic heterocycles. The molecule has 242 valence electrons. The first-order valence-corrected chi connectivity index (χ1v) is 13.7. The molecule has 3 heterocycles. The second-order valence-electron chi connectivity index (χ2n) is 10.6. The van der Waals surface area contributed by atoms with Crippen LogP contribution in [0.2, 0.25) is 0 Å². The molecule has 2 aromatic carbocycles. The van der Waals surface area contributed by atoms with E-state index in [0.29, 0.717) is 5.56 Å². The third kappa shape index (κ3) is 6.01. The van der Waals surface area contributed by atoms with Crippen LogP contribution < -0.4 is 18.9 Å². The van der Waals surface area contributed by atoms with Gasteiger partial charge in [-0.2, -0.15) is 0 Å². The highest BCUT2D eigenvalue weighted by Crippen LogP contribution is 2.44. The van der Waals surface area contributed by atoms with Crippen LogP contribution in [0.15, 0.2) is 30.3 Å². The Morgan fingerprint density at radius 1 is 0.773 bits per heavy atom. The number of phenols is 1. The SMILES string of the molecule is COc1cc(C2CC(=O)c3c(O)cc(OC4OC(CO)C(O)C(O)C4O)cc3O2)ccc1OC1OC(CO)C(O)C(O)C1O. The molecule has 5 rings (SSSR count). The van der Waals surface area contributed by atoms with E-state index in [-0.39, 0.29) is 35.0 Å². The van der Waals surface area contributed by atoms with Crippen molar-refractivity contribution in [1.29, 1.82) is 0 Å². The summed E-state index contributed by atoms with van der Waals surface area (Å²) in [5.74, 6) is -0.925. The number of benzene rings is 2. The van der Waals surface area contributed by atoms with Gasteiger partial charge >= 0.3 is 0 Å². The van der Waals surface area contributed by atoms with Crippen molar-refractivity contribution in [3.8, 4) is 28.7 Å². The van der Waals surface area contributed by atoms with Gasteiger partial charge in [-0.3, -0.25) is 4.79 Å². The highest BCUT2D eigenvalue weighted by molar-refractivity contribution is 6.02. The fraction of sp³-hybridized carbons (Fsp3) is 0.536. The van der Waals surface area contributed by atoms with E-state index in [2.05, 4.69) is 0 Å². The summed E-state index contributed by atoms with van der Waals surface area (Å²) in [5.41, 5.74) is 0.332. The quantitative estimate of drug-likeness (QED) is 0.146. The van der Waals surface area contributed by atoms with Gasteiger partial charge in [0.1, 0.15) is 77.7 Å². The number of Topliss-reactive ketones (excluding diaryl/α,β-unsaturated/α-hetero) is 1. The molecule has 0 saturated carbocycles. The Morgan fingerprint density at radius 3 is 1.93 bits per heavy atom. The zero-order valence-corrected chi connectivity index (χ0v) is 23.2. The Hall–Kier alpha value is -3.29. The summed E-state index contributed by atoms with van der Waals surface area (Å²) in [4.78, 5) is 13.0. The molecular weight excluding hydrogens is 592 g/mol. The second-order valence-corrected chi connectivity index (χ2v) is 10.6. The molecule has 0 amide bonds. The van der Waals surface area contributed by atoms with Gasteiger partial charge in [-0.1, -0.05) is 6.07 Å². The van der Waals surface area contributed by atoms with E-state index in [1.807, 2.05) is 0 Å². The van der Waals surface area contributed by atoms with Crippen molar-refractivity contribution >= 4 is 5.78 Å². The smallest absolute Gasteiger partial charge is 0.229 e. The molecule has 0 radical (unpaired) electrons. The number of methoxy groups -OCH3 is 1. The van der Waals surface area contributed by atoms with Gasteiger partial charge in [0.25, 0.3) is 0 Å². The number of fused-ring (bicyclic) bond motifs is 1. The van der Waals surface area contributed by atoms with E-state index >= 15 is 0 Å². The average molecular weight is 627 g/mol. The first kappa shape index (κ1) is 32.1. The first-order chi connectivity index (χ1) is 21.0. The van der Waals surface area contributed by atoms with Gasteiger partial charge in [0, 0.05) is 12.1 Å². The zero-order valence-electron chi connectivity index (χ0n) is 23.2. The Kier molecular flexibility index (Phi) is 9.47. The van der Waals surface area contributed by atoms with Crippen LogP contribution in [0.5, 0.6) is 28.7 Å². The Bertz CT molecular complexity index is 1330. The summed E-state index contributed by atoms with van der Waals surface area (Å²) < 4.78 is 33.4. The first-order valence-electron chi connectivity index (χ1n) is 13.7. The second kappa shape index (κ2) is 13.0. The van der Waals surface area contributed by atoms with Gasteiger partial charge in [0.2, 0.25) is 12.6 Å². The lowest BCUT2D eigenvalue weighted by Gasteiger charge is -2.39. The summed E-state index contributed by atoms with van der Waals surface area (Å²) in [6.45, 7) is -1.31. The molecule has 0 bridgehead atoms. The molecular formula is C28H34O16. The van der Waals surface area contributed by atoms with Gasteiger partial charge in [-0.15, -0.1) is 0 Å². The molecule has 16 nitrogen and oxygen atoms in total. The van der Waals surface area contributed by atoms with Crippen LogP contribution in [-0.4, -0.2) is 133 Å². The van der Waals surface area contributed by atoms with Crippen LogP contribution in [-0.2, 0) is 9.47 Å². The standard InChI is InChI=1S/C28H34O16/c1-39-16-4-10(2-3-14(16)42-28-26(38)24(36)22(34)19(9-30)44-28)15-7-13(32)20-12(31)5-11(6-17(20)41-15)40-27-25(37)23(35)21(33)18(8-29)43-27/h2-6,15,18-19,21-31,33-38H,7-9H2,1H3. The molecule has 3 aliphatic heterocycles. The maximum atomic E-state index is 13.0. The number of aliphatic hydroxyl groups excluding tert-OH is 8. The Balaban J connectivity index is 1.35. The van der Waals surface area contributed by atoms with Crippen molar-refractivity contribution in [1.82, 2.24) is 0 Å². The third-order valence-electron chi connectivity index (χ3n) is 7.73. The van der Waals surface area contributed by atoms with E-state index in [1.54, 1.807) is 6.07 Å². The van der Waals surface area contributed by atoms with Crippen molar-refractivity contribution in [3.05, 3.63) is 41.5 Å². The lowest BCUT2D eigenvalue weighted by atomic mass is 9.95. The maximum absolute atomic E-state index is 13.0. The minimum Gasteiger partial charge on any atom is -0.507 e. The van der Waals surface area contributed by atoms with Crippen molar-refractivity contribution in [2.75, 3.05) is 20.3 Å². The zero-order chi connectivity index (χ0) is 31.9. The molecule has 11 unspecified atom stereocenters. The highest BCUT2D eigenvalue weighted by atomic mass is 16.7. The summed E-state index contributed by atoms with van der Waals surface area (Å²) >= 11 is 0. The largest absolute Gasteiger partial charge is 0.507 e. The van der Waals surface area contributed by atoms with Gasteiger partial charge in [-0.05, 0) is 17.7 Å². The Morgan fingerprint density at radius 2 is 1.36 bits per heavy atom. The van der Waals surface area contributed by atoms with Crippen LogP contribution in [0.1, 0.15) is 28.4 Å². The Labute approximate surface area is 249 Å². The van der Waals surface area contributed by atoms with Gasteiger partial charge < -0.3 is 74.4 Å². The number of hydrogen-bond donors (Lipinski definition) is 9. The maximum Gasteiger partial charge on any atom is 0.229 e. The minimum atomic E-state index is -1.71. The third-order valence-corrected chi connectivity index (χ3v) is 7.73. The molecule has 11 atom stereocenters. The van der Waals surface area contributed by atoms with Gasteiger partial charge in [-0.25, -0.2) is 0 Å². The number of ketones is 1. The van der Waals surface area contributed by atoms with Crippen molar-refractivity contribution in [2.24, 2.45) is 0 Å². The van der Waals surface area contributed by atoms with Crippen LogP contribution in [0, 0.1) is 0 Å². The number of aromatic hydroxyl groups is 1. The lowest BCUT2D eigenvalue weighted by molar-refractivity contribution is -0.277. The average Bonchev–Trinajstić information content (AvgIpc) is 3.01. The number of ether oxygens (including phenoxy) is 6. The molecule has 3 aliphatic rings. The van der Waals surface area contributed by atoms with Crippen molar-refractivity contribution in [3.63, 3.8) is 0 Å². The van der Waals surface area contributed by atoms with Crippen LogP contribution >= 0.6 is 0 Å². The molecule has 0 spiro atoms. The number of phenolic OH excluding ortho intramolecular Hbond substituents is 1. The fourth-order valence-corrected chi connectivity index (χ4v) is 5.24. The van der Waals surface area contributed by atoms with Crippen LogP contribution in [0.4, 0.5) is 0 Å². The molecule has 2 aromatic rings. The van der Waals surface area contributed by atoms with E-state index in [9.17, 15) is 50.8 Å². The predicted octanol–water partition coefficient (Wildman–Crippen LogP) is -2.54. The molecule has 16 heteroatoms. The van der Waals surface area contributed by atoms with Crippen molar-refractivity contribution < 1.29 is 79.2 Å². The number of rotatable bonds is 8. The van der Waals surface area contributed by atoms with Gasteiger partial charge in [0.15, 0.2) is 17.3 Å². The van der Waals surface area contributed by atoms with Crippen molar-refractivity contribution in [2.45, 2.75) is 73.9 Å². The number of carbonyl (C=O) groups is 1. The highest BCUT2D eigenvalue weighted by Gasteiger charge is 2.46. The molecule has 9 N–H and O–H groups in total. The topological polar surface area (TPSA) is 255 Å². The molecule has 44 heavy (non-hydrogen) atoms. The fourth-order valence-electron chi connectivity index (χ4n) is 5.24. The molecule has 2 fully saturated rings.